The highest BCUT2D eigenvalue weighted by Gasteiger charge is 2.20. The number of hydrogen-bond donors (Lipinski definition) is 0. The minimum atomic E-state index is -0.430. The van der Waals surface area contributed by atoms with Crippen LogP contribution >= 0.6 is 0 Å². The van der Waals surface area contributed by atoms with Crippen molar-refractivity contribution in [1.82, 2.24) is 0 Å². The van der Waals surface area contributed by atoms with Gasteiger partial charge in [-0.15, -0.1) is 0 Å². The molecule has 0 saturated heterocycles. The molecule has 0 spiro atoms. The van der Waals surface area contributed by atoms with Crippen LogP contribution in [0.5, 0.6) is 5.75 Å². The lowest BCUT2D eigenvalue weighted by Gasteiger charge is -2.06. The van der Waals surface area contributed by atoms with E-state index in [4.69, 9.17) is 4.74 Å². The Morgan fingerprint density at radius 2 is 2.20 bits per heavy atom. The molecule has 0 heterocycles. The van der Waals surface area contributed by atoms with Crippen LogP contribution in [0.25, 0.3) is 0 Å². The van der Waals surface area contributed by atoms with Crippen molar-refractivity contribution in [2.75, 3.05) is 6.61 Å². The van der Waals surface area contributed by atoms with Crippen molar-refractivity contribution >= 4 is 6.29 Å². The third-order valence-corrected chi connectivity index (χ3v) is 2.52. The fraction of sp³-hybridized carbons (Fsp3) is 0.417. The molecule has 0 radical (unpaired) electrons. The molecule has 2 nitrogen and oxygen atoms in total. The number of aldehydes is 1. The molecule has 0 unspecified atom stereocenters. The fourth-order valence-corrected chi connectivity index (χ4v) is 1.49. The summed E-state index contributed by atoms with van der Waals surface area (Å²) >= 11 is 0. The first-order chi connectivity index (χ1) is 7.28. The first kappa shape index (κ1) is 10.1. The number of carbonyl (C=O) groups is 1. The second-order valence-electron chi connectivity index (χ2n) is 3.92. The van der Waals surface area contributed by atoms with E-state index in [1.165, 1.54) is 25.0 Å². The van der Waals surface area contributed by atoms with Crippen molar-refractivity contribution in [3.8, 4) is 5.75 Å². The standard InChI is InChI=1S/C12H13FO2/c13-11-5-10(8-14)6-12(7-11)15-4-3-9-1-2-9/h5-9H,1-4H2. The number of carbonyl (C=O) groups excluding carboxylic acids is 1. The predicted octanol–water partition coefficient (Wildman–Crippen LogP) is 2.82. The van der Waals surface area contributed by atoms with E-state index in [2.05, 4.69) is 0 Å². The minimum absolute atomic E-state index is 0.316. The fourth-order valence-electron chi connectivity index (χ4n) is 1.49. The summed E-state index contributed by atoms with van der Waals surface area (Å²) in [5.74, 6) is 0.808. The molecule has 1 aliphatic rings. The normalized spacial score (nSPS) is 15.0. The molecule has 0 aliphatic heterocycles. The molecule has 80 valence electrons. The van der Waals surface area contributed by atoms with Gasteiger partial charge in [0, 0.05) is 11.6 Å². The molecular formula is C12H13FO2. The molecule has 0 atom stereocenters. The highest BCUT2D eigenvalue weighted by molar-refractivity contribution is 5.75. The summed E-state index contributed by atoms with van der Waals surface area (Å²) in [5, 5.41) is 0. The van der Waals surface area contributed by atoms with Crippen LogP contribution in [-0.4, -0.2) is 12.9 Å². The Balaban J connectivity index is 1.93. The van der Waals surface area contributed by atoms with Gasteiger partial charge in [-0.2, -0.15) is 0 Å². The van der Waals surface area contributed by atoms with Gasteiger partial charge >= 0.3 is 0 Å². The second kappa shape index (κ2) is 4.43. The largest absolute Gasteiger partial charge is 0.493 e. The summed E-state index contributed by atoms with van der Waals surface area (Å²) in [6, 6.07) is 4.06. The third-order valence-electron chi connectivity index (χ3n) is 2.52. The number of benzene rings is 1. The van der Waals surface area contributed by atoms with Gasteiger partial charge in [0.2, 0.25) is 0 Å². The lowest BCUT2D eigenvalue weighted by molar-refractivity contribution is 0.112. The van der Waals surface area contributed by atoms with E-state index < -0.39 is 5.82 Å². The molecule has 1 aliphatic carbocycles. The average Bonchev–Trinajstić information content (AvgIpc) is 3.01. The molecule has 2 rings (SSSR count). The molecule has 3 heteroatoms. The first-order valence-corrected chi connectivity index (χ1v) is 5.16. The van der Waals surface area contributed by atoms with E-state index in [-0.39, 0.29) is 0 Å². The van der Waals surface area contributed by atoms with Gasteiger partial charge in [0.25, 0.3) is 0 Å². The molecule has 0 amide bonds. The van der Waals surface area contributed by atoms with Crippen molar-refractivity contribution in [1.29, 1.82) is 0 Å². The summed E-state index contributed by atoms with van der Waals surface area (Å²) < 4.78 is 18.4. The topological polar surface area (TPSA) is 26.3 Å². The van der Waals surface area contributed by atoms with Crippen LogP contribution in [0.4, 0.5) is 4.39 Å². The minimum Gasteiger partial charge on any atom is -0.493 e. The van der Waals surface area contributed by atoms with Crippen LogP contribution in [0.2, 0.25) is 0 Å². The molecule has 15 heavy (non-hydrogen) atoms. The summed E-state index contributed by atoms with van der Waals surface area (Å²) in [4.78, 5) is 10.5. The van der Waals surface area contributed by atoms with Crippen molar-refractivity contribution < 1.29 is 13.9 Å². The molecule has 1 aromatic rings. The van der Waals surface area contributed by atoms with Crippen LogP contribution in [0, 0.1) is 11.7 Å². The quantitative estimate of drug-likeness (QED) is 0.695. The van der Waals surface area contributed by atoms with Gasteiger partial charge in [-0.1, -0.05) is 12.8 Å². The average molecular weight is 208 g/mol. The van der Waals surface area contributed by atoms with Gasteiger partial charge in [0.15, 0.2) is 0 Å². The number of ether oxygens (including phenoxy) is 1. The molecule has 1 aromatic carbocycles. The van der Waals surface area contributed by atoms with Gasteiger partial charge in [0.1, 0.15) is 17.9 Å². The Morgan fingerprint density at radius 1 is 1.40 bits per heavy atom. The summed E-state index contributed by atoms with van der Waals surface area (Å²) in [6.07, 6.45) is 4.21. The van der Waals surface area contributed by atoms with Gasteiger partial charge in [-0.25, -0.2) is 4.39 Å². The Hall–Kier alpha value is -1.38. The maximum Gasteiger partial charge on any atom is 0.150 e. The van der Waals surface area contributed by atoms with E-state index in [1.807, 2.05) is 0 Å². The van der Waals surface area contributed by atoms with Gasteiger partial charge in [0.05, 0.1) is 6.61 Å². The second-order valence-corrected chi connectivity index (χ2v) is 3.92. The Labute approximate surface area is 88.1 Å². The van der Waals surface area contributed by atoms with Gasteiger partial charge in [-0.3, -0.25) is 4.79 Å². The molecule has 1 saturated carbocycles. The highest BCUT2D eigenvalue weighted by atomic mass is 19.1. The Kier molecular flexibility index (Phi) is 2.99. The number of rotatable bonds is 5. The number of halogens is 1. The van der Waals surface area contributed by atoms with Crippen LogP contribution in [0.1, 0.15) is 29.6 Å². The van der Waals surface area contributed by atoms with Crippen molar-refractivity contribution in [3.63, 3.8) is 0 Å². The van der Waals surface area contributed by atoms with Crippen LogP contribution in [-0.2, 0) is 0 Å². The third kappa shape index (κ3) is 3.05. The van der Waals surface area contributed by atoms with Crippen molar-refractivity contribution in [3.05, 3.63) is 29.6 Å². The van der Waals surface area contributed by atoms with Crippen LogP contribution in [0.3, 0.4) is 0 Å². The zero-order chi connectivity index (χ0) is 10.7. The van der Waals surface area contributed by atoms with E-state index in [1.54, 1.807) is 6.07 Å². The predicted molar refractivity (Wildman–Crippen MR) is 54.6 cm³/mol. The van der Waals surface area contributed by atoms with E-state index >= 15 is 0 Å². The molecule has 0 bridgehead atoms. The van der Waals surface area contributed by atoms with Crippen molar-refractivity contribution in [2.24, 2.45) is 5.92 Å². The summed E-state index contributed by atoms with van der Waals surface area (Å²) in [6.45, 7) is 0.604. The summed E-state index contributed by atoms with van der Waals surface area (Å²) in [7, 11) is 0. The smallest absolute Gasteiger partial charge is 0.150 e. The van der Waals surface area contributed by atoms with Crippen LogP contribution < -0.4 is 4.74 Å². The molecule has 0 N–H and O–H groups in total. The zero-order valence-corrected chi connectivity index (χ0v) is 8.41. The van der Waals surface area contributed by atoms with Crippen molar-refractivity contribution in [2.45, 2.75) is 19.3 Å². The molecule has 1 fully saturated rings. The van der Waals surface area contributed by atoms with Crippen LogP contribution in [0.15, 0.2) is 18.2 Å². The Morgan fingerprint density at radius 3 is 2.87 bits per heavy atom. The lowest BCUT2D eigenvalue weighted by atomic mass is 10.2. The van der Waals surface area contributed by atoms with Gasteiger partial charge in [-0.05, 0) is 24.5 Å². The first-order valence-electron chi connectivity index (χ1n) is 5.16. The monoisotopic (exact) mass is 208 g/mol. The summed E-state index contributed by atoms with van der Waals surface area (Å²) in [5.41, 5.74) is 0.316. The zero-order valence-electron chi connectivity index (χ0n) is 8.41. The maximum atomic E-state index is 13.0. The molecular weight excluding hydrogens is 195 g/mol. The van der Waals surface area contributed by atoms with E-state index in [0.29, 0.717) is 24.2 Å². The van der Waals surface area contributed by atoms with Gasteiger partial charge < -0.3 is 4.74 Å². The SMILES string of the molecule is O=Cc1cc(F)cc(OCCC2CC2)c1. The lowest BCUT2D eigenvalue weighted by Crippen LogP contribution is -1.99. The maximum absolute atomic E-state index is 13.0. The highest BCUT2D eigenvalue weighted by Crippen LogP contribution is 2.32. The number of hydrogen-bond acceptors (Lipinski definition) is 2. The Bertz CT molecular complexity index is 359. The van der Waals surface area contributed by atoms with E-state index in [9.17, 15) is 9.18 Å². The molecule has 0 aromatic heterocycles. The van der Waals surface area contributed by atoms with E-state index in [0.717, 1.165) is 12.3 Å².